The van der Waals surface area contributed by atoms with Crippen molar-refractivity contribution in [3.8, 4) is 0 Å². The van der Waals surface area contributed by atoms with E-state index in [1.54, 1.807) is 0 Å². The first-order valence-electron chi connectivity index (χ1n) is 4.82. The summed E-state index contributed by atoms with van der Waals surface area (Å²) in [5.41, 5.74) is 2.37. The van der Waals surface area contributed by atoms with Crippen LogP contribution in [0.5, 0.6) is 0 Å². The van der Waals surface area contributed by atoms with Crippen molar-refractivity contribution in [2.75, 3.05) is 7.05 Å². The molecule has 1 N–H and O–H groups in total. The Kier molecular flexibility index (Phi) is 4.84. The van der Waals surface area contributed by atoms with Crippen LogP contribution in [0.15, 0.2) is 34.3 Å². The first-order valence-corrected chi connectivity index (χ1v) is 5.99. The molecule has 1 nitrogen and oxygen atoms in total. The van der Waals surface area contributed by atoms with Gasteiger partial charge >= 0.3 is 0 Å². The van der Waals surface area contributed by atoms with Gasteiger partial charge < -0.3 is 5.32 Å². The van der Waals surface area contributed by atoms with Crippen LogP contribution >= 0.6 is 27.5 Å². The standard InChI is InChI=1S/C12H15BrClN/c1-8(2)6-12(15-3)10-5-4-9(13)7-11(10)14/h4-7,12,15H,1-3H3. The van der Waals surface area contributed by atoms with Gasteiger partial charge in [0.15, 0.2) is 0 Å². The monoisotopic (exact) mass is 287 g/mol. The van der Waals surface area contributed by atoms with Crippen LogP contribution < -0.4 is 5.32 Å². The molecule has 0 aliphatic rings. The molecule has 1 atom stereocenters. The molecule has 0 aliphatic heterocycles. The van der Waals surface area contributed by atoms with E-state index in [-0.39, 0.29) is 6.04 Å². The summed E-state index contributed by atoms with van der Waals surface area (Å²) in [6.45, 7) is 4.16. The topological polar surface area (TPSA) is 12.0 Å². The number of benzene rings is 1. The van der Waals surface area contributed by atoms with Crippen molar-refractivity contribution in [1.82, 2.24) is 5.32 Å². The molecule has 0 saturated carbocycles. The maximum atomic E-state index is 6.19. The fraction of sp³-hybridized carbons (Fsp3) is 0.333. The summed E-state index contributed by atoms with van der Waals surface area (Å²) in [6.07, 6.45) is 2.16. The first-order chi connectivity index (χ1) is 7.04. The van der Waals surface area contributed by atoms with E-state index in [4.69, 9.17) is 11.6 Å². The van der Waals surface area contributed by atoms with Crippen LogP contribution in [0, 0.1) is 0 Å². The highest BCUT2D eigenvalue weighted by Gasteiger charge is 2.09. The molecular weight excluding hydrogens is 273 g/mol. The first kappa shape index (κ1) is 12.8. The summed E-state index contributed by atoms with van der Waals surface area (Å²) in [5.74, 6) is 0. The van der Waals surface area contributed by atoms with Gasteiger partial charge in [0.1, 0.15) is 0 Å². The number of allylic oxidation sites excluding steroid dienone is 1. The van der Waals surface area contributed by atoms with Crippen LogP contribution in [0.3, 0.4) is 0 Å². The van der Waals surface area contributed by atoms with E-state index in [0.29, 0.717) is 0 Å². The molecule has 0 bridgehead atoms. The molecule has 0 saturated heterocycles. The summed E-state index contributed by atoms with van der Waals surface area (Å²) in [6, 6.07) is 6.13. The summed E-state index contributed by atoms with van der Waals surface area (Å²) in [7, 11) is 1.93. The second kappa shape index (κ2) is 5.69. The van der Waals surface area contributed by atoms with Crippen molar-refractivity contribution in [1.29, 1.82) is 0 Å². The van der Waals surface area contributed by atoms with Crippen molar-refractivity contribution in [2.45, 2.75) is 19.9 Å². The average molecular weight is 289 g/mol. The van der Waals surface area contributed by atoms with Crippen molar-refractivity contribution in [3.63, 3.8) is 0 Å². The predicted molar refractivity (Wildman–Crippen MR) is 70.4 cm³/mol. The molecule has 15 heavy (non-hydrogen) atoms. The lowest BCUT2D eigenvalue weighted by Gasteiger charge is -2.15. The Morgan fingerprint density at radius 2 is 2.13 bits per heavy atom. The van der Waals surface area contributed by atoms with Crippen molar-refractivity contribution in [3.05, 3.63) is 44.9 Å². The molecule has 1 rings (SSSR count). The molecule has 0 spiro atoms. The van der Waals surface area contributed by atoms with E-state index in [0.717, 1.165) is 15.1 Å². The van der Waals surface area contributed by atoms with Gasteiger partial charge in [-0.1, -0.05) is 45.2 Å². The van der Waals surface area contributed by atoms with Gasteiger partial charge in [-0.3, -0.25) is 0 Å². The number of hydrogen-bond donors (Lipinski definition) is 1. The Balaban J connectivity index is 3.07. The molecule has 1 unspecified atom stereocenters. The van der Waals surface area contributed by atoms with Gasteiger partial charge in [-0.25, -0.2) is 0 Å². The van der Waals surface area contributed by atoms with E-state index >= 15 is 0 Å². The number of rotatable bonds is 3. The largest absolute Gasteiger partial charge is 0.310 e. The Morgan fingerprint density at radius 1 is 1.47 bits per heavy atom. The maximum Gasteiger partial charge on any atom is 0.0521 e. The summed E-state index contributed by atoms with van der Waals surface area (Å²) < 4.78 is 1.00. The zero-order valence-corrected chi connectivity index (χ0v) is 11.5. The molecule has 1 aromatic rings. The Hall–Kier alpha value is -0.310. The lowest BCUT2D eigenvalue weighted by Crippen LogP contribution is -2.14. The fourth-order valence-electron chi connectivity index (χ4n) is 1.42. The lowest BCUT2D eigenvalue weighted by atomic mass is 10.0. The Labute approximate surface area is 105 Å². The molecule has 3 heteroatoms. The third kappa shape index (κ3) is 3.63. The van der Waals surface area contributed by atoms with Gasteiger partial charge in [0, 0.05) is 9.50 Å². The van der Waals surface area contributed by atoms with Gasteiger partial charge in [0.25, 0.3) is 0 Å². The smallest absolute Gasteiger partial charge is 0.0521 e. The SMILES string of the molecule is CNC(C=C(C)C)c1ccc(Br)cc1Cl. The second-order valence-electron chi connectivity index (χ2n) is 3.68. The van der Waals surface area contributed by atoms with E-state index < -0.39 is 0 Å². The average Bonchev–Trinajstić information content (AvgIpc) is 2.14. The van der Waals surface area contributed by atoms with Gasteiger partial charge in [-0.2, -0.15) is 0 Å². The van der Waals surface area contributed by atoms with E-state index in [1.807, 2.05) is 25.2 Å². The molecule has 0 aromatic heterocycles. The van der Waals surface area contributed by atoms with Crippen LogP contribution in [0.4, 0.5) is 0 Å². The third-order valence-corrected chi connectivity index (χ3v) is 2.93. The molecule has 82 valence electrons. The van der Waals surface area contributed by atoms with Gasteiger partial charge in [0.2, 0.25) is 0 Å². The van der Waals surface area contributed by atoms with Crippen LogP contribution in [0.25, 0.3) is 0 Å². The maximum absolute atomic E-state index is 6.19. The summed E-state index contributed by atoms with van der Waals surface area (Å²) >= 11 is 9.59. The molecule has 0 amide bonds. The van der Waals surface area contributed by atoms with Crippen molar-refractivity contribution >= 4 is 27.5 Å². The molecule has 0 fully saturated rings. The number of likely N-dealkylation sites (N-methyl/N-ethyl adjacent to an activating group) is 1. The van der Waals surface area contributed by atoms with Crippen molar-refractivity contribution < 1.29 is 0 Å². The Morgan fingerprint density at radius 3 is 2.60 bits per heavy atom. The lowest BCUT2D eigenvalue weighted by molar-refractivity contribution is 0.710. The Bertz CT molecular complexity index is 370. The van der Waals surface area contributed by atoms with Crippen molar-refractivity contribution in [2.24, 2.45) is 0 Å². The van der Waals surface area contributed by atoms with E-state index in [1.165, 1.54) is 5.57 Å². The number of halogens is 2. The molecule has 0 radical (unpaired) electrons. The molecular formula is C12H15BrClN. The van der Waals surface area contributed by atoms with Crippen LogP contribution in [0.1, 0.15) is 25.5 Å². The fourth-order valence-corrected chi connectivity index (χ4v) is 2.21. The normalized spacial score (nSPS) is 12.3. The zero-order chi connectivity index (χ0) is 11.4. The zero-order valence-electron chi connectivity index (χ0n) is 9.14. The molecule has 0 aliphatic carbocycles. The minimum absolute atomic E-state index is 0.176. The summed E-state index contributed by atoms with van der Waals surface area (Å²) in [5, 5.41) is 4.01. The highest BCUT2D eigenvalue weighted by Crippen LogP contribution is 2.27. The van der Waals surface area contributed by atoms with Gasteiger partial charge in [-0.15, -0.1) is 0 Å². The minimum atomic E-state index is 0.176. The number of nitrogens with one attached hydrogen (secondary N) is 1. The minimum Gasteiger partial charge on any atom is -0.310 e. The summed E-state index contributed by atoms with van der Waals surface area (Å²) in [4.78, 5) is 0. The van der Waals surface area contributed by atoms with Crippen LogP contribution in [-0.4, -0.2) is 7.05 Å². The number of hydrogen-bond acceptors (Lipinski definition) is 1. The third-order valence-electron chi connectivity index (χ3n) is 2.11. The van der Waals surface area contributed by atoms with Crippen LogP contribution in [0.2, 0.25) is 5.02 Å². The molecule has 1 aromatic carbocycles. The highest BCUT2D eigenvalue weighted by atomic mass is 79.9. The van der Waals surface area contributed by atoms with E-state index in [2.05, 4.69) is 41.2 Å². The van der Waals surface area contributed by atoms with Gasteiger partial charge in [0.05, 0.1) is 6.04 Å². The van der Waals surface area contributed by atoms with Crippen LogP contribution in [-0.2, 0) is 0 Å². The van der Waals surface area contributed by atoms with Gasteiger partial charge in [-0.05, 0) is 38.6 Å². The van der Waals surface area contributed by atoms with E-state index in [9.17, 15) is 0 Å². The highest BCUT2D eigenvalue weighted by molar-refractivity contribution is 9.10. The predicted octanol–water partition coefficient (Wildman–Crippen LogP) is 4.33. The molecule has 0 heterocycles. The quantitative estimate of drug-likeness (QED) is 0.816. The second-order valence-corrected chi connectivity index (χ2v) is 5.00.